The van der Waals surface area contributed by atoms with E-state index in [1.165, 1.54) is 12.1 Å². The van der Waals surface area contributed by atoms with Crippen LogP contribution in [-0.2, 0) is 4.79 Å². The molecule has 2 aliphatic rings. The zero-order valence-electron chi connectivity index (χ0n) is 18.1. The fourth-order valence-corrected chi connectivity index (χ4v) is 4.07. The maximum atomic E-state index is 13.1. The first-order chi connectivity index (χ1) is 14.5. The van der Waals surface area contributed by atoms with E-state index in [1.807, 2.05) is 18.7 Å². The van der Waals surface area contributed by atoms with E-state index >= 15 is 0 Å². The normalized spacial score (nSPS) is 20.3. The van der Waals surface area contributed by atoms with E-state index in [2.05, 4.69) is 20.1 Å². The molecule has 2 heterocycles. The minimum absolute atomic E-state index is 0.0925. The Hall–Kier alpha value is -2.19. The molecule has 2 saturated heterocycles. The molecule has 2 aliphatic heterocycles. The SMILES string of the molecule is CCNC(=NCC(O)c1ccc(F)cc1)N1CCN(C(C)C(=O)N2CCCC2)CC1. The van der Waals surface area contributed by atoms with Gasteiger partial charge in [-0.2, -0.15) is 0 Å². The first-order valence-electron chi connectivity index (χ1n) is 11.0. The highest BCUT2D eigenvalue weighted by Gasteiger charge is 2.30. The minimum atomic E-state index is -0.779. The lowest BCUT2D eigenvalue weighted by molar-refractivity contribution is -0.135. The zero-order chi connectivity index (χ0) is 21.5. The van der Waals surface area contributed by atoms with Crippen LogP contribution in [0.3, 0.4) is 0 Å². The van der Waals surface area contributed by atoms with E-state index in [0.717, 1.165) is 64.6 Å². The van der Waals surface area contributed by atoms with Crippen molar-refractivity contribution in [3.05, 3.63) is 35.6 Å². The Morgan fingerprint density at radius 1 is 1.10 bits per heavy atom. The van der Waals surface area contributed by atoms with Crippen molar-refractivity contribution >= 4 is 11.9 Å². The summed E-state index contributed by atoms with van der Waals surface area (Å²) in [6.07, 6.45) is 1.44. The fourth-order valence-electron chi connectivity index (χ4n) is 4.07. The number of likely N-dealkylation sites (tertiary alicyclic amines) is 1. The third-order valence-electron chi connectivity index (χ3n) is 5.94. The van der Waals surface area contributed by atoms with Crippen LogP contribution in [0, 0.1) is 5.82 Å². The van der Waals surface area contributed by atoms with Crippen molar-refractivity contribution in [2.45, 2.75) is 38.8 Å². The zero-order valence-corrected chi connectivity index (χ0v) is 18.1. The second kappa shape index (κ2) is 10.7. The maximum absolute atomic E-state index is 13.1. The molecule has 0 saturated carbocycles. The van der Waals surface area contributed by atoms with Crippen molar-refractivity contribution < 1.29 is 14.3 Å². The van der Waals surface area contributed by atoms with Crippen molar-refractivity contribution in [1.29, 1.82) is 0 Å². The van der Waals surface area contributed by atoms with Crippen molar-refractivity contribution in [1.82, 2.24) is 20.0 Å². The molecule has 0 bridgehead atoms. The topological polar surface area (TPSA) is 71.4 Å². The Kier molecular flexibility index (Phi) is 8.04. The first-order valence-corrected chi connectivity index (χ1v) is 11.0. The monoisotopic (exact) mass is 419 g/mol. The van der Waals surface area contributed by atoms with Crippen LogP contribution in [0.2, 0.25) is 0 Å². The number of hydrogen-bond acceptors (Lipinski definition) is 4. The van der Waals surface area contributed by atoms with Crippen LogP contribution in [0.15, 0.2) is 29.3 Å². The molecule has 1 aromatic rings. The number of halogens is 1. The molecule has 0 spiro atoms. The van der Waals surface area contributed by atoms with E-state index in [4.69, 9.17) is 0 Å². The van der Waals surface area contributed by atoms with Crippen molar-refractivity contribution in [3.63, 3.8) is 0 Å². The van der Waals surface area contributed by atoms with E-state index in [-0.39, 0.29) is 24.3 Å². The van der Waals surface area contributed by atoms with Crippen LogP contribution in [-0.4, -0.2) is 90.1 Å². The quantitative estimate of drug-likeness (QED) is 0.540. The average Bonchev–Trinajstić information content (AvgIpc) is 3.31. The smallest absolute Gasteiger partial charge is 0.239 e. The lowest BCUT2D eigenvalue weighted by Gasteiger charge is -2.39. The molecule has 2 atom stereocenters. The summed E-state index contributed by atoms with van der Waals surface area (Å²) in [5.41, 5.74) is 0.648. The molecular weight excluding hydrogens is 385 g/mol. The van der Waals surface area contributed by atoms with Gasteiger partial charge in [0.2, 0.25) is 5.91 Å². The molecule has 2 fully saturated rings. The number of aliphatic hydroxyl groups excluding tert-OH is 1. The number of nitrogens with zero attached hydrogens (tertiary/aromatic N) is 4. The molecule has 0 aromatic heterocycles. The van der Waals surface area contributed by atoms with Gasteiger partial charge in [0.05, 0.1) is 18.7 Å². The Morgan fingerprint density at radius 2 is 1.73 bits per heavy atom. The number of carbonyl (C=O) groups excluding carboxylic acids is 1. The predicted octanol–water partition coefficient (Wildman–Crippen LogP) is 1.45. The number of rotatable bonds is 6. The number of piperazine rings is 1. The molecule has 166 valence electrons. The Labute approximate surface area is 178 Å². The number of guanidine groups is 1. The number of benzene rings is 1. The molecule has 7 nitrogen and oxygen atoms in total. The molecule has 3 rings (SSSR count). The van der Waals surface area contributed by atoms with Crippen LogP contribution in [0.1, 0.15) is 38.4 Å². The van der Waals surface area contributed by atoms with Crippen LogP contribution in [0.25, 0.3) is 0 Å². The highest BCUT2D eigenvalue weighted by molar-refractivity contribution is 5.82. The lowest BCUT2D eigenvalue weighted by Crippen LogP contribution is -2.57. The van der Waals surface area contributed by atoms with Crippen LogP contribution in [0.4, 0.5) is 4.39 Å². The Bertz CT molecular complexity index is 713. The van der Waals surface area contributed by atoms with Gasteiger partial charge in [-0.1, -0.05) is 12.1 Å². The fraction of sp³-hybridized carbons (Fsp3) is 0.636. The Balaban J connectivity index is 1.54. The maximum Gasteiger partial charge on any atom is 0.239 e. The van der Waals surface area contributed by atoms with Gasteiger partial charge in [0.15, 0.2) is 5.96 Å². The molecule has 2 unspecified atom stereocenters. The van der Waals surface area contributed by atoms with Gasteiger partial charge >= 0.3 is 0 Å². The lowest BCUT2D eigenvalue weighted by atomic mass is 10.1. The highest BCUT2D eigenvalue weighted by atomic mass is 19.1. The number of nitrogens with one attached hydrogen (secondary N) is 1. The molecule has 0 radical (unpaired) electrons. The summed E-state index contributed by atoms with van der Waals surface area (Å²) in [5, 5.41) is 13.7. The summed E-state index contributed by atoms with van der Waals surface area (Å²) in [4.78, 5) is 23.7. The predicted molar refractivity (Wildman–Crippen MR) is 116 cm³/mol. The van der Waals surface area contributed by atoms with Crippen molar-refractivity contribution in [2.75, 3.05) is 52.4 Å². The van der Waals surface area contributed by atoms with E-state index < -0.39 is 6.10 Å². The number of amides is 1. The van der Waals surface area contributed by atoms with Gasteiger partial charge < -0.3 is 20.2 Å². The summed E-state index contributed by atoms with van der Waals surface area (Å²) >= 11 is 0. The number of carbonyl (C=O) groups is 1. The van der Waals surface area contributed by atoms with E-state index in [1.54, 1.807) is 12.1 Å². The molecule has 1 amide bonds. The molecule has 2 N–H and O–H groups in total. The summed E-state index contributed by atoms with van der Waals surface area (Å²) in [6, 6.07) is 5.76. The van der Waals surface area contributed by atoms with Gasteiger partial charge in [0.1, 0.15) is 5.82 Å². The first kappa shape index (κ1) is 22.5. The van der Waals surface area contributed by atoms with Gasteiger partial charge in [0, 0.05) is 45.8 Å². The van der Waals surface area contributed by atoms with Crippen LogP contribution in [0.5, 0.6) is 0 Å². The average molecular weight is 420 g/mol. The van der Waals surface area contributed by atoms with Crippen molar-refractivity contribution in [2.24, 2.45) is 4.99 Å². The third kappa shape index (κ3) is 5.70. The number of aliphatic imine (C=N–C) groups is 1. The van der Waals surface area contributed by atoms with Gasteiger partial charge in [-0.05, 0) is 44.4 Å². The largest absolute Gasteiger partial charge is 0.386 e. The van der Waals surface area contributed by atoms with E-state index in [9.17, 15) is 14.3 Å². The summed E-state index contributed by atoms with van der Waals surface area (Å²) in [7, 11) is 0. The van der Waals surface area contributed by atoms with Crippen molar-refractivity contribution in [3.8, 4) is 0 Å². The standard InChI is InChI=1S/C22H34FN5O2/c1-3-24-22(25-16-20(29)18-6-8-19(23)9-7-18)28-14-12-26(13-15-28)17(2)21(30)27-10-4-5-11-27/h6-9,17,20,29H,3-5,10-16H2,1-2H3,(H,24,25). The van der Waals surface area contributed by atoms with Crippen LogP contribution >= 0.6 is 0 Å². The summed E-state index contributed by atoms with van der Waals surface area (Å²) < 4.78 is 13.1. The Morgan fingerprint density at radius 3 is 2.33 bits per heavy atom. The second-order valence-electron chi connectivity index (χ2n) is 7.99. The van der Waals surface area contributed by atoms with Crippen LogP contribution < -0.4 is 5.32 Å². The van der Waals surface area contributed by atoms with E-state index in [0.29, 0.717) is 5.56 Å². The minimum Gasteiger partial charge on any atom is -0.386 e. The van der Waals surface area contributed by atoms with Gasteiger partial charge in [-0.15, -0.1) is 0 Å². The molecule has 30 heavy (non-hydrogen) atoms. The summed E-state index contributed by atoms with van der Waals surface area (Å²) in [5.74, 6) is 0.680. The molecule has 1 aromatic carbocycles. The molecule has 0 aliphatic carbocycles. The number of aliphatic hydroxyl groups is 1. The van der Waals surface area contributed by atoms with Gasteiger partial charge in [0.25, 0.3) is 0 Å². The number of hydrogen-bond donors (Lipinski definition) is 2. The second-order valence-corrected chi connectivity index (χ2v) is 7.99. The van der Waals surface area contributed by atoms with Gasteiger partial charge in [-0.25, -0.2) is 4.39 Å². The van der Waals surface area contributed by atoms with Gasteiger partial charge in [-0.3, -0.25) is 14.7 Å². The highest BCUT2D eigenvalue weighted by Crippen LogP contribution is 2.16. The summed E-state index contributed by atoms with van der Waals surface area (Å²) in [6.45, 7) is 9.87. The molecule has 8 heteroatoms. The third-order valence-corrected chi connectivity index (χ3v) is 5.94. The molecular formula is C22H34FN5O2.